The van der Waals surface area contributed by atoms with E-state index in [-0.39, 0.29) is 42.5 Å². The largest absolute Gasteiger partial charge is 0.469 e. The molecule has 0 spiro atoms. The van der Waals surface area contributed by atoms with Crippen LogP contribution in [-0.4, -0.2) is 30.8 Å². The second-order valence-electron chi connectivity index (χ2n) is 7.27. The van der Waals surface area contributed by atoms with E-state index in [1.165, 1.54) is 7.11 Å². The number of carbonyl (C=O) groups excluding carboxylic acids is 3. The van der Waals surface area contributed by atoms with Gasteiger partial charge in [0.1, 0.15) is 0 Å². The van der Waals surface area contributed by atoms with E-state index >= 15 is 0 Å². The summed E-state index contributed by atoms with van der Waals surface area (Å²) in [5.41, 5.74) is 3.23. The molecule has 0 saturated carbocycles. The summed E-state index contributed by atoms with van der Waals surface area (Å²) >= 11 is 0. The number of ether oxygens (including phenoxy) is 1. The molecule has 0 bridgehead atoms. The molecule has 2 unspecified atom stereocenters. The number of carbonyl (C=O) groups is 3. The van der Waals surface area contributed by atoms with Crippen molar-refractivity contribution in [2.75, 3.05) is 12.0 Å². The third-order valence-electron chi connectivity index (χ3n) is 5.28. The van der Waals surface area contributed by atoms with Crippen molar-refractivity contribution in [1.82, 2.24) is 0 Å². The molecule has 0 aliphatic carbocycles. The van der Waals surface area contributed by atoms with Gasteiger partial charge in [0.25, 0.3) is 0 Å². The molecular formula is C23H25NO4. The van der Waals surface area contributed by atoms with Crippen molar-refractivity contribution >= 4 is 23.3 Å². The van der Waals surface area contributed by atoms with Crippen LogP contribution in [0.4, 0.5) is 5.69 Å². The highest BCUT2D eigenvalue weighted by Gasteiger charge is 2.37. The average Bonchev–Trinajstić information content (AvgIpc) is 2.71. The van der Waals surface area contributed by atoms with Gasteiger partial charge in [-0.2, -0.15) is 0 Å². The van der Waals surface area contributed by atoms with E-state index in [1.807, 2.05) is 50.2 Å². The Morgan fingerprint density at radius 1 is 1.04 bits per heavy atom. The molecule has 0 N–H and O–H groups in total. The fraction of sp³-hybridized carbons (Fsp3) is 0.348. The first kappa shape index (κ1) is 19.8. The number of para-hydroxylation sites is 1. The lowest BCUT2D eigenvalue weighted by Gasteiger charge is -2.38. The van der Waals surface area contributed by atoms with Crippen molar-refractivity contribution in [2.45, 2.75) is 45.1 Å². The van der Waals surface area contributed by atoms with Gasteiger partial charge in [0, 0.05) is 30.1 Å². The van der Waals surface area contributed by atoms with Gasteiger partial charge in [-0.3, -0.25) is 14.4 Å². The maximum absolute atomic E-state index is 13.0. The quantitative estimate of drug-likeness (QED) is 0.581. The van der Waals surface area contributed by atoms with Gasteiger partial charge in [0.05, 0.1) is 13.0 Å². The van der Waals surface area contributed by atoms with Crippen LogP contribution < -0.4 is 4.90 Å². The Labute approximate surface area is 165 Å². The predicted molar refractivity (Wildman–Crippen MR) is 108 cm³/mol. The van der Waals surface area contributed by atoms with Crippen LogP contribution in [0.3, 0.4) is 0 Å². The summed E-state index contributed by atoms with van der Waals surface area (Å²) in [7, 11) is 1.38. The van der Waals surface area contributed by atoms with Crippen LogP contribution in [0.1, 0.15) is 53.6 Å². The highest BCUT2D eigenvalue weighted by molar-refractivity contribution is 6.02. The smallest absolute Gasteiger partial charge is 0.313 e. The second kappa shape index (κ2) is 8.38. The highest BCUT2D eigenvalue weighted by atomic mass is 16.5. The number of Topliss-reactive ketones (excluding diaryl/α,β-unsaturated/α-hetero) is 1. The van der Waals surface area contributed by atoms with Gasteiger partial charge >= 0.3 is 5.97 Å². The average molecular weight is 379 g/mol. The van der Waals surface area contributed by atoms with E-state index in [1.54, 1.807) is 17.0 Å². The normalized spacial score (nSPS) is 18.3. The summed E-state index contributed by atoms with van der Waals surface area (Å²) in [4.78, 5) is 39.3. The Hall–Kier alpha value is -2.95. The first-order valence-electron chi connectivity index (χ1n) is 9.51. The van der Waals surface area contributed by atoms with Crippen LogP contribution in [0.5, 0.6) is 0 Å². The van der Waals surface area contributed by atoms with Gasteiger partial charge in [0.15, 0.2) is 5.78 Å². The first-order valence-corrected chi connectivity index (χ1v) is 9.51. The molecule has 0 fully saturated rings. The maximum Gasteiger partial charge on any atom is 0.313 e. The number of fused-ring (bicyclic) bond motifs is 1. The molecule has 28 heavy (non-hydrogen) atoms. The first-order chi connectivity index (χ1) is 13.4. The van der Waals surface area contributed by atoms with Gasteiger partial charge in [-0.1, -0.05) is 48.0 Å². The van der Waals surface area contributed by atoms with Crippen LogP contribution >= 0.6 is 0 Å². The molecule has 0 radical (unpaired) electrons. The monoisotopic (exact) mass is 379 g/mol. The number of nitrogens with zero attached hydrogens (tertiary/aromatic N) is 1. The number of hydrogen-bond donors (Lipinski definition) is 0. The molecule has 2 aromatic rings. The number of benzene rings is 2. The molecule has 146 valence electrons. The molecule has 0 saturated heterocycles. The Kier molecular flexibility index (Phi) is 5.93. The van der Waals surface area contributed by atoms with E-state index in [2.05, 4.69) is 0 Å². The lowest BCUT2D eigenvalue weighted by Crippen LogP contribution is -2.44. The minimum atomic E-state index is -0.380. The topological polar surface area (TPSA) is 63.7 Å². The van der Waals surface area contributed by atoms with Crippen molar-refractivity contribution in [3.8, 4) is 0 Å². The fourth-order valence-corrected chi connectivity index (χ4v) is 3.78. The third-order valence-corrected chi connectivity index (χ3v) is 5.28. The Morgan fingerprint density at radius 2 is 1.71 bits per heavy atom. The molecule has 1 heterocycles. The Morgan fingerprint density at radius 3 is 2.39 bits per heavy atom. The van der Waals surface area contributed by atoms with Crippen LogP contribution in [0.2, 0.25) is 0 Å². The SMILES string of the molecule is COC(=O)C1CC(C)N(C(=O)CCC(=O)c2ccc(C)cc2)c2ccccc21. The van der Waals surface area contributed by atoms with E-state index in [0.717, 1.165) is 16.8 Å². The van der Waals surface area contributed by atoms with E-state index in [4.69, 9.17) is 4.74 Å². The van der Waals surface area contributed by atoms with E-state index in [0.29, 0.717) is 12.0 Å². The van der Waals surface area contributed by atoms with Gasteiger partial charge in [-0.05, 0) is 31.9 Å². The Balaban J connectivity index is 1.76. The van der Waals surface area contributed by atoms with Crippen molar-refractivity contribution < 1.29 is 19.1 Å². The molecule has 5 heteroatoms. The molecule has 2 atom stereocenters. The van der Waals surface area contributed by atoms with E-state index < -0.39 is 0 Å². The summed E-state index contributed by atoms with van der Waals surface area (Å²) in [5, 5.41) is 0. The van der Waals surface area contributed by atoms with Crippen molar-refractivity contribution in [3.05, 3.63) is 65.2 Å². The van der Waals surface area contributed by atoms with Gasteiger partial charge in [-0.25, -0.2) is 0 Å². The molecule has 1 aliphatic heterocycles. The van der Waals surface area contributed by atoms with Crippen LogP contribution in [0.25, 0.3) is 0 Å². The van der Waals surface area contributed by atoms with Gasteiger partial charge in [-0.15, -0.1) is 0 Å². The molecular weight excluding hydrogens is 354 g/mol. The summed E-state index contributed by atoms with van der Waals surface area (Å²) in [6, 6.07) is 14.6. The van der Waals surface area contributed by atoms with Crippen molar-refractivity contribution in [1.29, 1.82) is 0 Å². The van der Waals surface area contributed by atoms with Gasteiger partial charge in [0.2, 0.25) is 5.91 Å². The fourth-order valence-electron chi connectivity index (χ4n) is 3.78. The minimum Gasteiger partial charge on any atom is -0.469 e. The van der Waals surface area contributed by atoms with Crippen LogP contribution in [-0.2, 0) is 14.3 Å². The van der Waals surface area contributed by atoms with Gasteiger partial charge < -0.3 is 9.64 Å². The summed E-state index contributed by atoms with van der Waals surface area (Å²) < 4.78 is 4.94. The minimum absolute atomic E-state index is 0.0428. The number of rotatable bonds is 5. The number of anilines is 1. The second-order valence-corrected chi connectivity index (χ2v) is 7.27. The number of ketones is 1. The van der Waals surface area contributed by atoms with Crippen LogP contribution in [0, 0.1) is 6.92 Å². The molecule has 3 rings (SSSR count). The van der Waals surface area contributed by atoms with Crippen LogP contribution in [0.15, 0.2) is 48.5 Å². The summed E-state index contributed by atoms with van der Waals surface area (Å²) in [6.07, 6.45) is 0.795. The lowest BCUT2D eigenvalue weighted by atomic mass is 9.85. The number of amides is 1. The summed E-state index contributed by atoms with van der Waals surface area (Å²) in [6.45, 7) is 3.89. The number of hydrogen-bond acceptors (Lipinski definition) is 4. The molecule has 2 aromatic carbocycles. The number of aryl methyl sites for hydroxylation is 1. The number of methoxy groups -OCH3 is 1. The summed E-state index contributed by atoms with van der Waals surface area (Å²) in [5.74, 6) is -0.821. The molecule has 1 amide bonds. The third kappa shape index (κ3) is 3.98. The van der Waals surface area contributed by atoms with E-state index in [9.17, 15) is 14.4 Å². The zero-order chi connectivity index (χ0) is 20.3. The molecule has 1 aliphatic rings. The lowest BCUT2D eigenvalue weighted by molar-refractivity contribution is -0.143. The Bertz CT molecular complexity index is 888. The number of esters is 1. The predicted octanol–water partition coefficient (Wildman–Crippen LogP) is 4.04. The molecule has 5 nitrogen and oxygen atoms in total. The zero-order valence-electron chi connectivity index (χ0n) is 16.5. The molecule has 0 aromatic heterocycles. The highest BCUT2D eigenvalue weighted by Crippen LogP contribution is 2.39. The standard InChI is InChI=1S/C23H25NO4/c1-15-8-10-17(11-9-15)21(25)12-13-22(26)24-16(2)14-19(23(27)28-3)18-6-4-5-7-20(18)24/h4-11,16,19H,12-14H2,1-3H3. The van der Waals surface area contributed by atoms with Crippen molar-refractivity contribution in [2.24, 2.45) is 0 Å². The maximum atomic E-state index is 13.0. The zero-order valence-corrected chi connectivity index (χ0v) is 16.5. The van der Waals surface area contributed by atoms with Crippen molar-refractivity contribution in [3.63, 3.8) is 0 Å².